The van der Waals surface area contributed by atoms with Crippen molar-refractivity contribution in [3.05, 3.63) is 59.2 Å². The maximum absolute atomic E-state index is 4.73. The van der Waals surface area contributed by atoms with Gasteiger partial charge in [-0.15, -0.1) is 0 Å². The van der Waals surface area contributed by atoms with E-state index in [1.54, 1.807) is 6.33 Å². The summed E-state index contributed by atoms with van der Waals surface area (Å²) >= 11 is 0. The summed E-state index contributed by atoms with van der Waals surface area (Å²) in [6.07, 6.45) is 1.62. The van der Waals surface area contributed by atoms with Crippen LogP contribution in [0.15, 0.2) is 36.7 Å². The maximum atomic E-state index is 4.73. The van der Waals surface area contributed by atoms with E-state index in [2.05, 4.69) is 65.8 Å². The Labute approximate surface area is 147 Å². The van der Waals surface area contributed by atoms with Crippen molar-refractivity contribution in [1.29, 1.82) is 0 Å². The lowest BCUT2D eigenvalue weighted by molar-refractivity contribution is 0.865. The van der Waals surface area contributed by atoms with Crippen LogP contribution in [0.2, 0.25) is 0 Å². The lowest BCUT2D eigenvalue weighted by Crippen LogP contribution is -2.05. The normalized spacial score (nSPS) is 11.4. The fourth-order valence-electron chi connectivity index (χ4n) is 3.47. The van der Waals surface area contributed by atoms with Gasteiger partial charge in [0, 0.05) is 12.6 Å². The molecule has 5 heteroatoms. The lowest BCUT2D eigenvalue weighted by atomic mass is 10.1. The van der Waals surface area contributed by atoms with Crippen LogP contribution in [0.5, 0.6) is 0 Å². The number of aromatic nitrogens is 5. The van der Waals surface area contributed by atoms with Crippen LogP contribution in [0.1, 0.15) is 22.5 Å². The Morgan fingerprint density at radius 1 is 0.880 bits per heavy atom. The summed E-state index contributed by atoms with van der Waals surface area (Å²) in [5, 5.41) is 4.53. The van der Waals surface area contributed by atoms with Gasteiger partial charge in [-0.2, -0.15) is 5.10 Å². The van der Waals surface area contributed by atoms with E-state index in [1.807, 2.05) is 18.7 Å². The predicted molar refractivity (Wildman–Crippen MR) is 100 cm³/mol. The number of hydrogen-bond donors (Lipinski definition) is 0. The number of imidazole rings is 1. The van der Waals surface area contributed by atoms with Gasteiger partial charge in [0.25, 0.3) is 0 Å². The molecule has 4 aromatic rings. The molecule has 0 aliphatic heterocycles. The van der Waals surface area contributed by atoms with E-state index in [0.29, 0.717) is 0 Å². The Bertz CT molecular complexity index is 1080. The van der Waals surface area contributed by atoms with Gasteiger partial charge in [-0.25, -0.2) is 14.6 Å². The number of hydrogen-bond acceptors (Lipinski definition) is 3. The molecule has 0 saturated heterocycles. The largest absolute Gasteiger partial charge is 0.331 e. The van der Waals surface area contributed by atoms with Crippen LogP contribution in [-0.2, 0) is 7.05 Å². The zero-order valence-electron chi connectivity index (χ0n) is 15.2. The number of benzene rings is 2. The van der Waals surface area contributed by atoms with E-state index in [1.165, 1.54) is 16.7 Å². The molecule has 25 heavy (non-hydrogen) atoms. The molecule has 0 bridgehead atoms. The first-order chi connectivity index (χ1) is 12.0. The van der Waals surface area contributed by atoms with Crippen molar-refractivity contribution in [3.8, 4) is 17.1 Å². The van der Waals surface area contributed by atoms with Crippen LogP contribution in [0.3, 0.4) is 0 Å². The minimum Gasteiger partial charge on any atom is -0.331 e. The lowest BCUT2D eigenvalue weighted by Gasteiger charge is -2.13. The average Bonchev–Trinajstić information content (AvgIpc) is 3.15. The van der Waals surface area contributed by atoms with Crippen molar-refractivity contribution >= 4 is 11.0 Å². The molecule has 0 N–H and O–H groups in total. The van der Waals surface area contributed by atoms with Crippen LogP contribution in [0, 0.1) is 27.7 Å². The van der Waals surface area contributed by atoms with Gasteiger partial charge in [-0.1, -0.05) is 24.3 Å². The van der Waals surface area contributed by atoms with Gasteiger partial charge in [0.05, 0.1) is 16.7 Å². The van der Waals surface area contributed by atoms with Crippen molar-refractivity contribution in [2.45, 2.75) is 27.7 Å². The minimum atomic E-state index is 0.838. The molecule has 0 aliphatic carbocycles. The molecule has 0 unspecified atom stereocenters. The zero-order valence-corrected chi connectivity index (χ0v) is 15.2. The third kappa shape index (κ3) is 2.27. The quantitative estimate of drug-likeness (QED) is 0.556. The van der Waals surface area contributed by atoms with Crippen LogP contribution in [0.25, 0.3) is 28.1 Å². The summed E-state index contributed by atoms with van der Waals surface area (Å²) in [6.45, 7) is 8.33. The molecule has 0 radical (unpaired) electrons. The molecule has 0 fully saturated rings. The monoisotopic (exact) mass is 331 g/mol. The third-order valence-electron chi connectivity index (χ3n) is 4.89. The van der Waals surface area contributed by atoms with Crippen LogP contribution < -0.4 is 0 Å². The molecular weight excluding hydrogens is 310 g/mol. The topological polar surface area (TPSA) is 48.5 Å². The number of para-hydroxylation sites is 1. The molecule has 0 spiro atoms. The maximum Gasteiger partial charge on any atom is 0.165 e. The van der Waals surface area contributed by atoms with Gasteiger partial charge < -0.3 is 4.57 Å². The highest BCUT2D eigenvalue weighted by molar-refractivity contribution is 5.93. The predicted octanol–water partition coefficient (Wildman–Crippen LogP) is 4.05. The van der Waals surface area contributed by atoms with E-state index < -0.39 is 0 Å². The Hall–Kier alpha value is -2.95. The SMILES string of the molecule is Cc1cccc(C)c1-n1ncnc1-c1ccc(C)c2nc(C)n(C)c12. The molecule has 0 aliphatic rings. The Morgan fingerprint density at radius 2 is 1.60 bits per heavy atom. The van der Waals surface area contributed by atoms with E-state index in [-0.39, 0.29) is 0 Å². The van der Waals surface area contributed by atoms with Gasteiger partial charge in [-0.3, -0.25) is 0 Å². The molecule has 2 heterocycles. The first-order valence-corrected chi connectivity index (χ1v) is 8.38. The Morgan fingerprint density at radius 3 is 2.32 bits per heavy atom. The van der Waals surface area contributed by atoms with E-state index in [4.69, 9.17) is 4.98 Å². The minimum absolute atomic E-state index is 0.838. The highest BCUT2D eigenvalue weighted by atomic mass is 15.3. The van der Waals surface area contributed by atoms with Gasteiger partial charge in [0.1, 0.15) is 12.2 Å². The molecule has 0 saturated carbocycles. The smallest absolute Gasteiger partial charge is 0.165 e. The molecule has 0 atom stereocenters. The Balaban J connectivity index is 2.05. The molecule has 126 valence electrons. The number of rotatable bonds is 2. The van der Waals surface area contributed by atoms with Crippen LogP contribution in [0.4, 0.5) is 0 Å². The van der Waals surface area contributed by atoms with Gasteiger partial charge in [0.15, 0.2) is 5.82 Å². The zero-order chi connectivity index (χ0) is 17.7. The van der Waals surface area contributed by atoms with Crippen molar-refractivity contribution < 1.29 is 0 Å². The third-order valence-corrected chi connectivity index (χ3v) is 4.89. The summed E-state index contributed by atoms with van der Waals surface area (Å²) in [6, 6.07) is 10.5. The summed E-state index contributed by atoms with van der Waals surface area (Å²) in [5.41, 5.74) is 7.77. The number of aryl methyl sites for hydroxylation is 5. The second-order valence-corrected chi connectivity index (χ2v) is 6.58. The first-order valence-electron chi connectivity index (χ1n) is 8.38. The molecule has 2 aromatic carbocycles. The average molecular weight is 331 g/mol. The molecule has 0 amide bonds. The fourth-order valence-corrected chi connectivity index (χ4v) is 3.47. The van der Waals surface area contributed by atoms with Crippen molar-refractivity contribution in [2.24, 2.45) is 7.05 Å². The summed E-state index contributed by atoms with van der Waals surface area (Å²) in [4.78, 5) is 9.31. The second-order valence-electron chi connectivity index (χ2n) is 6.58. The summed E-state index contributed by atoms with van der Waals surface area (Å²) < 4.78 is 4.07. The molecule has 4 rings (SSSR count). The first kappa shape index (κ1) is 15.6. The van der Waals surface area contributed by atoms with Crippen LogP contribution >= 0.6 is 0 Å². The highest BCUT2D eigenvalue weighted by Gasteiger charge is 2.19. The number of fused-ring (bicyclic) bond motifs is 1. The fraction of sp³-hybridized carbons (Fsp3) is 0.250. The van der Waals surface area contributed by atoms with Gasteiger partial charge in [-0.05, 0) is 50.5 Å². The molecule has 2 aromatic heterocycles. The standard InChI is InChI=1S/C20H21N5/c1-12-9-10-16(19-17(12)23-15(4)24(19)5)20-21-11-22-25(20)18-13(2)7-6-8-14(18)3/h6-11H,1-5H3. The molecule has 5 nitrogen and oxygen atoms in total. The van der Waals surface area contributed by atoms with Gasteiger partial charge in [0.2, 0.25) is 0 Å². The van der Waals surface area contributed by atoms with Crippen molar-refractivity contribution in [3.63, 3.8) is 0 Å². The second kappa shape index (κ2) is 5.55. The van der Waals surface area contributed by atoms with Crippen molar-refractivity contribution in [2.75, 3.05) is 0 Å². The molecular formula is C20H21N5. The highest BCUT2D eigenvalue weighted by Crippen LogP contribution is 2.31. The van der Waals surface area contributed by atoms with Gasteiger partial charge >= 0.3 is 0 Å². The van der Waals surface area contributed by atoms with Crippen molar-refractivity contribution in [1.82, 2.24) is 24.3 Å². The van der Waals surface area contributed by atoms with Crippen LogP contribution in [-0.4, -0.2) is 24.3 Å². The van der Waals surface area contributed by atoms with E-state index >= 15 is 0 Å². The number of nitrogens with zero attached hydrogens (tertiary/aromatic N) is 5. The Kier molecular flexibility index (Phi) is 3.46. The summed E-state index contributed by atoms with van der Waals surface area (Å²) in [7, 11) is 2.05. The van der Waals surface area contributed by atoms with E-state index in [9.17, 15) is 0 Å². The van der Waals surface area contributed by atoms with E-state index in [0.717, 1.165) is 33.9 Å². The summed E-state index contributed by atoms with van der Waals surface area (Å²) in [5.74, 6) is 1.83.